The third kappa shape index (κ3) is 4.51. The molecule has 0 bridgehead atoms. The van der Waals surface area contributed by atoms with Crippen LogP contribution < -0.4 is 9.47 Å². The molecule has 1 aromatic carbocycles. The highest BCUT2D eigenvalue weighted by Crippen LogP contribution is 2.34. The van der Waals surface area contributed by atoms with Crippen LogP contribution in [0.1, 0.15) is 25.8 Å². The van der Waals surface area contributed by atoms with Crippen molar-refractivity contribution in [1.82, 2.24) is 0 Å². The van der Waals surface area contributed by atoms with Gasteiger partial charge in [-0.25, -0.2) is 9.59 Å². The zero-order valence-electron chi connectivity index (χ0n) is 15.2. The summed E-state index contributed by atoms with van der Waals surface area (Å²) in [7, 11) is 1.49. The highest BCUT2D eigenvalue weighted by atomic mass is 16.6. The van der Waals surface area contributed by atoms with Gasteiger partial charge in [-0.05, 0) is 31.5 Å². The van der Waals surface area contributed by atoms with Crippen molar-refractivity contribution < 1.29 is 23.8 Å². The van der Waals surface area contributed by atoms with Crippen molar-refractivity contribution >= 4 is 17.5 Å². The van der Waals surface area contributed by atoms with Crippen molar-refractivity contribution in [2.75, 3.05) is 7.11 Å². The van der Waals surface area contributed by atoms with E-state index in [0.717, 1.165) is 11.1 Å². The molecule has 5 nitrogen and oxygen atoms in total. The number of ether oxygens (including phenoxy) is 3. The number of hydrogen-bond donors (Lipinski definition) is 0. The van der Waals surface area contributed by atoms with E-state index in [1.54, 1.807) is 26.0 Å². The number of esters is 2. The van der Waals surface area contributed by atoms with Gasteiger partial charge < -0.3 is 14.2 Å². The molecule has 0 aromatic heterocycles. The molecule has 0 amide bonds. The van der Waals surface area contributed by atoms with Gasteiger partial charge in [-0.2, -0.15) is 0 Å². The summed E-state index contributed by atoms with van der Waals surface area (Å²) in [5, 5.41) is 0. The van der Waals surface area contributed by atoms with Gasteiger partial charge in [0.25, 0.3) is 0 Å². The predicted octanol–water partition coefficient (Wildman–Crippen LogP) is 4.01. The Bertz CT molecular complexity index is 814. The Kier molecular flexibility index (Phi) is 6.17. The predicted molar refractivity (Wildman–Crippen MR) is 99.9 cm³/mol. The second-order valence-corrected chi connectivity index (χ2v) is 6.00. The summed E-state index contributed by atoms with van der Waals surface area (Å²) in [5.41, 5.74) is 2.19. The summed E-state index contributed by atoms with van der Waals surface area (Å²) in [5.74, 6) is -0.286. The minimum absolute atomic E-state index is 0.276. The number of carbonyl (C=O) groups excluding carboxylic acids is 2. The molecule has 1 atom stereocenters. The maximum Gasteiger partial charge on any atom is 0.338 e. The summed E-state index contributed by atoms with van der Waals surface area (Å²) >= 11 is 0. The Morgan fingerprint density at radius 1 is 1.08 bits per heavy atom. The van der Waals surface area contributed by atoms with Gasteiger partial charge in [-0.1, -0.05) is 37.5 Å². The van der Waals surface area contributed by atoms with Crippen molar-refractivity contribution in [3.63, 3.8) is 0 Å². The van der Waals surface area contributed by atoms with E-state index in [0.29, 0.717) is 17.7 Å². The van der Waals surface area contributed by atoms with Gasteiger partial charge in [0.15, 0.2) is 11.5 Å². The number of benzene rings is 1. The van der Waals surface area contributed by atoms with Gasteiger partial charge in [0.1, 0.15) is 6.10 Å². The van der Waals surface area contributed by atoms with Crippen molar-refractivity contribution in [2.24, 2.45) is 0 Å². The molecule has 1 aliphatic rings. The standard InChI is InChI=1S/C21H22O5/c1-13(2)20(22)25-17-9-7-6-8-16(17)15-10-11-18(24-5)19(12-15)26-21(23)14(3)4/h6-8,10-12,17H,1,3,9H2,2,4-5H3. The first-order valence-electron chi connectivity index (χ1n) is 8.12. The summed E-state index contributed by atoms with van der Waals surface area (Å²) < 4.78 is 16.1. The molecule has 2 rings (SSSR count). The number of rotatable bonds is 6. The van der Waals surface area contributed by atoms with Crippen LogP contribution in [0.25, 0.3) is 5.57 Å². The Balaban J connectivity index is 2.36. The molecule has 0 heterocycles. The first-order chi connectivity index (χ1) is 12.3. The Morgan fingerprint density at radius 2 is 1.77 bits per heavy atom. The van der Waals surface area contributed by atoms with Crippen molar-refractivity contribution in [3.8, 4) is 11.5 Å². The van der Waals surface area contributed by atoms with E-state index in [9.17, 15) is 9.59 Å². The van der Waals surface area contributed by atoms with Crippen LogP contribution in [0.15, 0.2) is 60.7 Å². The summed E-state index contributed by atoms with van der Waals surface area (Å²) in [4.78, 5) is 23.8. The molecule has 0 spiro atoms. The van der Waals surface area contributed by atoms with Crippen LogP contribution in [0.4, 0.5) is 0 Å². The molecular formula is C21H22O5. The lowest BCUT2D eigenvalue weighted by Gasteiger charge is -2.23. The molecule has 5 heteroatoms. The highest BCUT2D eigenvalue weighted by molar-refractivity contribution is 5.90. The van der Waals surface area contributed by atoms with Crippen LogP contribution in [0, 0.1) is 0 Å². The zero-order chi connectivity index (χ0) is 19.3. The summed E-state index contributed by atoms with van der Waals surface area (Å²) in [6.45, 7) is 10.4. The highest BCUT2D eigenvalue weighted by Gasteiger charge is 2.23. The minimum atomic E-state index is -0.539. The molecule has 1 aromatic rings. The van der Waals surface area contributed by atoms with Crippen LogP contribution in [0.5, 0.6) is 11.5 Å². The molecule has 0 aliphatic heterocycles. The maximum absolute atomic E-state index is 11.9. The molecule has 1 aliphatic carbocycles. The number of methoxy groups -OCH3 is 1. The topological polar surface area (TPSA) is 61.8 Å². The van der Waals surface area contributed by atoms with Gasteiger partial charge in [0.2, 0.25) is 0 Å². The molecule has 1 unspecified atom stereocenters. The van der Waals surface area contributed by atoms with Crippen LogP contribution in [0.3, 0.4) is 0 Å². The molecule has 0 saturated heterocycles. The lowest BCUT2D eigenvalue weighted by molar-refractivity contribution is -0.141. The normalized spacial score (nSPS) is 15.7. The van der Waals surface area contributed by atoms with Gasteiger partial charge >= 0.3 is 11.9 Å². The van der Waals surface area contributed by atoms with Crippen LogP contribution in [-0.2, 0) is 14.3 Å². The molecule has 26 heavy (non-hydrogen) atoms. The number of allylic oxidation sites excluding steroid dienone is 2. The minimum Gasteiger partial charge on any atom is -0.493 e. The first-order valence-corrected chi connectivity index (χ1v) is 8.12. The Labute approximate surface area is 153 Å². The molecule has 0 saturated carbocycles. The van der Waals surface area contributed by atoms with Crippen molar-refractivity contribution in [2.45, 2.75) is 26.4 Å². The van der Waals surface area contributed by atoms with Crippen LogP contribution in [-0.4, -0.2) is 25.2 Å². The molecule has 0 radical (unpaired) electrons. The molecule has 0 N–H and O–H groups in total. The Hall–Kier alpha value is -3.08. The number of hydrogen-bond acceptors (Lipinski definition) is 5. The van der Waals surface area contributed by atoms with E-state index in [4.69, 9.17) is 14.2 Å². The average molecular weight is 354 g/mol. The van der Waals surface area contributed by atoms with Crippen LogP contribution >= 0.6 is 0 Å². The lowest BCUT2D eigenvalue weighted by Crippen LogP contribution is -2.21. The fourth-order valence-electron chi connectivity index (χ4n) is 2.35. The smallest absolute Gasteiger partial charge is 0.338 e. The maximum atomic E-state index is 11.9. The van der Waals surface area contributed by atoms with Gasteiger partial charge in [0.05, 0.1) is 7.11 Å². The average Bonchev–Trinajstić information content (AvgIpc) is 2.61. The fraction of sp³-hybridized carbons (Fsp3) is 0.238. The van der Waals surface area contributed by atoms with E-state index < -0.39 is 18.0 Å². The third-order valence-electron chi connectivity index (χ3n) is 3.75. The second kappa shape index (κ2) is 8.34. The van der Waals surface area contributed by atoms with E-state index in [2.05, 4.69) is 13.2 Å². The second-order valence-electron chi connectivity index (χ2n) is 6.00. The van der Waals surface area contributed by atoms with Crippen molar-refractivity contribution in [3.05, 3.63) is 66.3 Å². The lowest BCUT2D eigenvalue weighted by atomic mass is 9.94. The largest absolute Gasteiger partial charge is 0.493 e. The van der Waals surface area contributed by atoms with E-state index in [1.165, 1.54) is 7.11 Å². The molecule has 0 fully saturated rings. The first kappa shape index (κ1) is 19.2. The molecule has 136 valence electrons. The zero-order valence-corrected chi connectivity index (χ0v) is 15.2. The summed E-state index contributed by atoms with van der Waals surface area (Å²) in [6.07, 6.45) is 5.79. The van der Waals surface area contributed by atoms with Gasteiger partial charge in [-0.15, -0.1) is 0 Å². The van der Waals surface area contributed by atoms with E-state index in [1.807, 2.05) is 24.3 Å². The van der Waals surface area contributed by atoms with Crippen LogP contribution in [0.2, 0.25) is 0 Å². The van der Waals surface area contributed by atoms with E-state index >= 15 is 0 Å². The van der Waals surface area contributed by atoms with Crippen molar-refractivity contribution in [1.29, 1.82) is 0 Å². The van der Waals surface area contributed by atoms with Gasteiger partial charge in [-0.3, -0.25) is 0 Å². The third-order valence-corrected chi connectivity index (χ3v) is 3.75. The fourth-order valence-corrected chi connectivity index (χ4v) is 2.35. The summed E-state index contributed by atoms with van der Waals surface area (Å²) in [6, 6.07) is 5.21. The monoisotopic (exact) mass is 354 g/mol. The molecular weight excluding hydrogens is 332 g/mol. The SMILES string of the molecule is C=C(C)C(=O)Oc1cc(C2=CC=CCC2OC(=O)C(=C)C)ccc1OC. The quantitative estimate of drug-likeness (QED) is 0.439. The van der Waals surface area contributed by atoms with Gasteiger partial charge in [0, 0.05) is 23.1 Å². The van der Waals surface area contributed by atoms with E-state index in [-0.39, 0.29) is 11.3 Å². The Morgan fingerprint density at radius 3 is 2.38 bits per heavy atom. The number of carbonyl (C=O) groups is 2.